The molecule has 24 heavy (non-hydrogen) atoms. The zero-order valence-corrected chi connectivity index (χ0v) is 13.6. The normalized spacial score (nSPS) is 9.50. The van der Waals surface area contributed by atoms with Crippen LogP contribution in [0.5, 0.6) is 0 Å². The second-order valence-corrected chi connectivity index (χ2v) is 6.32. The zero-order chi connectivity index (χ0) is 17.4. The quantitative estimate of drug-likeness (QED) is 0.467. The molecule has 0 saturated heterocycles. The molecule has 118 valence electrons. The summed E-state index contributed by atoms with van der Waals surface area (Å²) in [6.45, 7) is 0. The lowest BCUT2D eigenvalue weighted by atomic mass is 10.2. The summed E-state index contributed by atoms with van der Waals surface area (Å²) in [5.41, 5.74) is 1.57. The van der Waals surface area contributed by atoms with Crippen molar-refractivity contribution in [2.24, 2.45) is 9.98 Å². The van der Waals surface area contributed by atoms with Crippen LogP contribution in [-0.2, 0) is 9.59 Å². The lowest BCUT2D eigenvalue weighted by molar-refractivity contribution is 0.107. The largest absolute Gasteiger partial charge is 0.281 e. The van der Waals surface area contributed by atoms with Crippen LogP contribution in [0.2, 0.25) is 0 Å². The molecule has 0 radical (unpaired) electrons. The minimum absolute atomic E-state index is 0.294. The highest BCUT2D eigenvalue weighted by Crippen LogP contribution is 2.30. The summed E-state index contributed by atoms with van der Waals surface area (Å²) < 4.78 is 0. The Hall–Kier alpha value is -2.76. The van der Waals surface area contributed by atoms with E-state index in [9.17, 15) is 19.2 Å². The van der Waals surface area contributed by atoms with Crippen LogP contribution in [0.15, 0.2) is 58.5 Å². The first-order valence-electron chi connectivity index (χ1n) is 6.43. The van der Waals surface area contributed by atoms with Gasteiger partial charge in [-0.25, -0.2) is 9.59 Å². The van der Waals surface area contributed by atoms with E-state index in [-0.39, 0.29) is 10.2 Å². The minimum Gasteiger partial charge on any atom is -0.281 e. The fourth-order valence-corrected chi connectivity index (χ4v) is 3.27. The van der Waals surface area contributed by atoms with Crippen molar-refractivity contribution in [1.29, 1.82) is 0 Å². The number of benzene rings is 2. The van der Waals surface area contributed by atoms with Crippen molar-refractivity contribution in [3.8, 4) is 0 Å². The van der Waals surface area contributed by atoms with E-state index in [0.717, 1.165) is 21.6 Å². The smallest absolute Gasteiger partial charge is 0.240 e. The van der Waals surface area contributed by atoms with Gasteiger partial charge in [0.25, 0.3) is 0 Å². The first-order valence-corrected chi connectivity index (χ1v) is 8.58. The van der Waals surface area contributed by atoms with Gasteiger partial charge in [-0.15, -0.1) is 0 Å². The van der Waals surface area contributed by atoms with Crippen LogP contribution in [0.3, 0.4) is 0 Å². The van der Waals surface area contributed by atoms with Gasteiger partial charge in [0.2, 0.25) is 22.4 Å². The van der Waals surface area contributed by atoms with Gasteiger partial charge in [0.15, 0.2) is 0 Å². The molecule has 2 aromatic rings. The minimum atomic E-state index is -0.294. The van der Waals surface area contributed by atoms with Crippen molar-refractivity contribution in [1.82, 2.24) is 0 Å². The third kappa shape index (κ3) is 4.87. The van der Waals surface area contributed by atoms with E-state index >= 15 is 0 Å². The van der Waals surface area contributed by atoms with Gasteiger partial charge in [-0.3, -0.25) is 9.59 Å². The third-order valence-corrected chi connectivity index (χ3v) is 4.76. The maximum atomic E-state index is 12.0. The maximum absolute atomic E-state index is 12.0. The summed E-state index contributed by atoms with van der Waals surface area (Å²) in [7, 11) is 1.60. The molecule has 2 rings (SSSR count). The molecule has 0 bridgehead atoms. The van der Waals surface area contributed by atoms with Crippen LogP contribution in [0.4, 0.5) is 11.4 Å². The summed E-state index contributed by atoms with van der Waals surface area (Å²) in [5.74, 6) is 0. The topological polar surface area (TPSA) is 93.0 Å². The molecular formula is C16H8N2O4S2. The lowest BCUT2D eigenvalue weighted by Crippen LogP contribution is -1.94. The second kappa shape index (κ2) is 8.76. The third-order valence-electron chi connectivity index (χ3n) is 2.75. The Labute approximate surface area is 144 Å². The SMILES string of the molecule is O=C=Nc1ccc(C(=O)SSC(=O)c2ccc(N=C=O)cc2)cc1. The molecule has 0 fully saturated rings. The molecule has 0 aromatic heterocycles. The average molecular weight is 356 g/mol. The molecule has 0 unspecified atom stereocenters. The molecule has 0 atom stereocenters. The number of hydrogen-bond acceptors (Lipinski definition) is 8. The molecule has 0 amide bonds. The molecule has 8 heteroatoms. The van der Waals surface area contributed by atoms with Crippen LogP contribution < -0.4 is 0 Å². The molecule has 0 aliphatic rings. The summed E-state index contributed by atoms with van der Waals surface area (Å²) >= 11 is 0. The van der Waals surface area contributed by atoms with E-state index in [4.69, 9.17) is 0 Å². The molecule has 0 N–H and O–H groups in total. The van der Waals surface area contributed by atoms with E-state index in [1.807, 2.05) is 0 Å². The number of nitrogens with zero attached hydrogens (tertiary/aromatic N) is 2. The van der Waals surface area contributed by atoms with E-state index < -0.39 is 0 Å². The molecule has 0 heterocycles. The highest BCUT2D eigenvalue weighted by molar-refractivity contribution is 8.87. The van der Waals surface area contributed by atoms with Crippen molar-refractivity contribution in [3.05, 3.63) is 59.7 Å². The zero-order valence-electron chi connectivity index (χ0n) is 12.0. The van der Waals surface area contributed by atoms with Crippen molar-refractivity contribution < 1.29 is 19.2 Å². The molecule has 2 aromatic carbocycles. The summed E-state index contributed by atoms with van der Waals surface area (Å²) in [6, 6.07) is 12.1. The van der Waals surface area contributed by atoms with Gasteiger partial charge in [-0.05, 0) is 70.1 Å². The summed E-state index contributed by atoms with van der Waals surface area (Å²) in [6.07, 6.45) is 2.82. The van der Waals surface area contributed by atoms with E-state index in [2.05, 4.69) is 9.98 Å². The number of isocyanates is 2. The standard InChI is InChI=1S/C16H8N2O4S2/c19-9-17-13-5-1-11(2-6-13)15(21)23-24-16(22)12-3-7-14(8-4-12)18-10-20/h1-8H. The van der Waals surface area contributed by atoms with Crippen molar-refractivity contribution >= 4 is 55.4 Å². The van der Waals surface area contributed by atoms with E-state index in [0.29, 0.717) is 22.5 Å². The van der Waals surface area contributed by atoms with E-state index in [1.54, 1.807) is 0 Å². The highest BCUT2D eigenvalue weighted by atomic mass is 33.1. The fraction of sp³-hybridized carbons (Fsp3) is 0. The van der Waals surface area contributed by atoms with Gasteiger partial charge in [-0.2, -0.15) is 9.98 Å². The van der Waals surface area contributed by atoms with Gasteiger partial charge < -0.3 is 0 Å². The Morgan fingerprint density at radius 2 is 1.00 bits per heavy atom. The predicted octanol–water partition coefficient (Wildman–Crippen LogP) is 3.98. The Morgan fingerprint density at radius 1 is 0.667 bits per heavy atom. The van der Waals surface area contributed by atoms with E-state index in [1.165, 1.54) is 60.7 Å². The molecule has 6 nitrogen and oxygen atoms in total. The Morgan fingerprint density at radius 3 is 1.29 bits per heavy atom. The monoisotopic (exact) mass is 356 g/mol. The summed E-state index contributed by atoms with van der Waals surface area (Å²) in [5, 5.41) is -0.589. The highest BCUT2D eigenvalue weighted by Gasteiger charge is 2.13. The van der Waals surface area contributed by atoms with Crippen LogP contribution in [0.25, 0.3) is 0 Å². The van der Waals surface area contributed by atoms with Crippen molar-refractivity contribution in [2.75, 3.05) is 0 Å². The van der Waals surface area contributed by atoms with Gasteiger partial charge in [0, 0.05) is 11.1 Å². The van der Waals surface area contributed by atoms with Crippen molar-refractivity contribution in [3.63, 3.8) is 0 Å². The Kier molecular flexibility index (Phi) is 6.42. The van der Waals surface area contributed by atoms with Gasteiger partial charge in [0.1, 0.15) is 0 Å². The second-order valence-electron chi connectivity index (χ2n) is 4.24. The maximum Gasteiger partial charge on any atom is 0.240 e. The number of aliphatic imine (C=N–C) groups is 2. The van der Waals surface area contributed by atoms with Crippen LogP contribution in [0.1, 0.15) is 20.7 Å². The molecule has 0 saturated carbocycles. The molecule has 0 aliphatic heterocycles. The number of rotatable bonds is 4. The predicted molar refractivity (Wildman–Crippen MR) is 92.3 cm³/mol. The number of carbonyl (C=O) groups excluding carboxylic acids is 4. The number of hydrogen-bond donors (Lipinski definition) is 0. The summed E-state index contributed by atoms with van der Waals surface area (Å²) in [4.78, 5) is 51.1. The van der Waals surface area contributed by atoms with Gasteiger partial charge in [-0.1, -0.05) is 0 Å². The fourth-order valence-electron chi connectivity index (χ4n) is 1.62. The van der Waals surface area contributed by atoms with Gasteiger partial charge >= 0.3 is 0 Å². The number of carbonyl (C=O) groups is 2. The molecule has 0 aliphatic carbocycles. The Bertz CT molecular complexity index is 777. The van der Waals surface area contributed by atoms with Gasteiger partial charge in [0.05, 0.1) is 11.4 Å². The van der Waals surface area contributed by atoms with Crippen molar-refractivity contribution in [2.45, 2.75) is 0 Å². The Balaban J connectivity index is 1.96. The van der Waals surface area contributed by atoms with Crippen LogP contribution >= 0.6 is 21.6 Å². The van der Waals surface area contributed by atoms with Crippen LogP contribution in [-0.4, -0.2) is 22.4 Å². The first-order chi connectivity index (χ1) is 11.6. The molecular weight excluding hydrogens is 348 g/mol. The average Bonchev–Trinajstić information content (AvgIpc) is 2.61. The molecule has 0 spiro atoms. The van der Waals surface area contributed by atoms with Crippen LogP contribution in [0, 0.1) is 0 Å². The lowest BCUT2D eigenvalue weighted by Gasteiger charge is -2.01. The first kappa shape index (κ1) is 17.6.